The summed E-state index contributed by atoms with van der Waals surface area (Å²) in [5.74, 6) is 0.170. The van der Waals surface area contributed by atoms with Gasteiger partial charge in [0.2, 0.25) is 5.91 Å². The molecule has 2 rings (SSSR count). The van der Waals surface area contributed by atoms with E-state index in [-0.39, 0.29) is 11.9 Å². The van der Waals surface area contributed by atoms with Crippen LogP contribution in [0.5, 0.6) is 0 Å². The predicted molar refractivity (Wildman–Crippen MR) is 122 cm³/mol. The number of allylic oxidation sites excluding steroid dienone is 3. The fourth-order valence-corrected chi connectivity index (χ4v) is 3.15. The van der Waals surface area contributed by atoms with Crippen molar-refractivity contribution in [1.29, 1.82) is 0 Å². The lowest BCUT2D eigenvalue weighted by Gasteiger charge is -2.24. The summed E-state index contributed by atoms with van der Waals surface area (Å²) in [4.78, 5) is 14.6. The van der Waals surface area contributed by atoms with Crippen LogP contribution in [0.25, 0.3) is 5.70 Å². The van der Waals surface area contributed by atoms with Crippen LogP contribution in [0.1, 0.15) is 44.7 Å². The largest absolute Gasteiger partial charge is 0.381 e. The Kier molecular flexibility index (Phi) is 8.57. The van der Waals surface area contributed by atoms with Crippen molar-refractivity contribution >= 4 is 11.6 Å². The molecule has 2 N–H and O–H groups in total. The number of rotatable bonds is 5. The van der Waals surface area contributed by atoms with Gasteiger partial charge in [0.25, 0.3) is 0 Å². The van der Waals surface area contributed by atoms with Gasteiger partial charge in [-0.1, -0.05) is 67.8 Å². The van der Waals surface area contributed by atoms with Gasteiger partial charge in [-0.05, 0) is 31.4 Å². The Morgan fingerprint density at radius 1 is 1.24 bits per heavy atom. The van der Waals surface area contributed by atoms with E-state index in [1.807, 2.05) is 55.3 Å². The Morgan fingerprint density at radius 2 is 2.00 bits per heavy atom. The van der Waals surface area contributed by atoms with Crippen molar-refractivity contribution < 1.29 is 4.79 Å². The van der Waals surface area contributed by atoms with Crippen LogP contribution in [0.2, 0.25) is 0 Å². The predicted octanol–water partition coefficient (Wildman–Crippen LogP) is 4.54. The Morgan fingerprint density at radius 3 is 2.69 bits per heavy atom. The molecule has 4 nitrogen and oxygen atoms in total. The summed E-state index contributed by atoms with van der Waals surface area (Å²) in [7, 11) is 1.87. The molecule has 1 amide bonds. The first-order valence-electron chi connectivity index (χ1n) is 10.3. The minimum atomic E-state index is 0.170. The van der Waals surface area contributed by atoms with Crippen molar-refractivity contribution in [1.82, 2.24) is 15.5 Å². The third kappa shape index (κ3) is 6.55. The lowest BCUT2D eigenvalue weighted by molar-refractivity contribution is -0.131. The molecule has 1 aliphatic rings. The zero-order chi connectivity index (χ0) is 21.2. The number of carbonyl (C=O) groups is 1. The van der Waals surface area contributed by atoms with Gasteiger partial charge in [0.15, 0.2) is 0 Å². The van der Waals surface area contributed by atoms with E-state index in [0.717, 1.165) is 34.5 Å². The monoisotopic (exact) mass is 391 g/mol. The number of amides is 1. The summed E-state index contributed by atoms with van der Waals surface area (Å²) in [5, 5.41) is 6.72. The summed E-state index contributed by atoms with van der Waals surface area (Å²) < 4.78 is 0. The molecule has 0 unspecified atom stereocenters. The standard InChI is InChI=1S/C25H33N3O/c1-6-12-25(29)28-16-11-7-8-13-20(4)23(26-5)17-24(27-19(2)3)22-15-10-9-14-21(22)18-28/h7-11,13-15,19,26-27H,4,6,12,16,18H2,1-3,5H3/b11-7-,13-8-. The minimum absolute atomic E-state index is 0.170. The highest BCUT2D eigenvalue weighted by Gasteiger charge is 2.16. The molecule has 1 aliphatic heterocycles. The molecule has 0 saturated carbocycles. The quantitative estimate of drug-likeness (QED) is 0.725. The van der Waals surface area contributed by atoms with Crippen LogP contribution in [0.15, 0.2) is 72.1 Å². The van der Waals surface area contributed by atoms with Crippen molar-refractivity contribution in [3.8, 4) is 0 Å². The van der Waals surface area contributed by atoms with E-state index in [1.54, 1.807) is 0 Å². The molecule has 154 valence electrons. The maximum atomic E-state index is 12.7. The number of fused-ring (bicyclic) bond motifs is 1. The van der Waals surface area contributed by atoms with Gasteiger partial charge < -0.3 is 15.5 Å². The maximum absolute atomic E-state index is 12.7. The average Bonchev–Trinajstić information content (AvgIpc) is 2.70. The number of likely N-dealkylation sites (N-methyl/N-ethyl adjacent to an activating group) is 1. The van der Waals surface area contributed by atoms with E-state index in [9.17, 15) is 4.79 Å². The van der Waals surface area contributed by atoms with Gasteiger partial charge in [0.05, 0.1) is 11.4 Å². The average molecular weight is 392 g/mol. The Balaban J connectivity index is 2.66. The topological polar surface area (TPSA) is 44.4 Å². The molecule has 0 saturated heterocycles. The lowest BCUT2D eigenvalue weighted by Crippen LogP contribution is -2.31. The molecule has 0 aliphatic carbocycles. The number of benzene rings is 1. The summed E-state index contributed by atoms with van der Waals surface area (Å²) in [5.41, 5.74) is 8.18. The van der Waals surface area contributed by atoms with Crippen molar-refractivity contribution in [3.05, 3.63) is 83.3 Å². The Hall–Kier alpha value is -2.97. The second-order valence-corrected chi connectivity index (χ2v) is 7.42. The number of nitrogens with zero attached hydrogens (tertiary/aromatic N) is 1. The highest BCUT2D eigenvalue weighted by atomic mass is 16.2. The summed E-state index contributed by atoms with van der Waals surface area (Å²) >= 11 is 0. The molecule has 1 aromatic carbocycles. The maximum Gasteiger partial charge on any atom is 0.223 e. The fourth-order valence-electron chi connectivity index (χ4n) is 3.15. The third-order valence-corrected chi connectivity index (χ3v) is 4.59. The lowest BCUT2D eigenvalue weighted by atomic mass is 10.0. The molecule has 4 heteroatoms. The Labute approximate surface area is 175 Å². The van der Waals surface area contributed by atoms with E-state index in [0.29, 0.717) is 19.5 Å². The molecule has 0 aromatic heterocycles. The molecule has 0 fully saturated rings. The summed E-state index contributed by atoms with van der Waals surface area (Å²) in [6.45, 7) is 11.5. The third-order valence-electron chi connectivity index (χ3n) is 4.59. The van der Waals surface area contributed by atoms with Crippen LogP contribution in [-0.2, 0) is 11.3 Å². The number of hydrogen-bond donors (Lipinski definition) is 2. The highest BCUT2D eigenvalue weighted by Crippen LogP contribution is 2.21. The highest BCUT2D eigenvalue weighted by molar-refractivity contribution is 5.77. The number of carbonyl (C=O) groups excluding carboxylic acids is 1. The van der Waals surface area contributed by atoms with Gasteiger partial charge in [0, 0.05) is 38.2 Å². The van der Waals surface area contributed by atoms with Gasteiger partial charge >= 0.3 is 0 Å². The normalized spacial score (nSPS) is 17.1. The van der Waals surface area contributed by atoms with Crippen molar-refractivity contribution in [2.75, 3.05) is 13.6 Å². The van der Waals surface area contributed by atoms with Gasteiger partial charge in [-0.15, -0.1) is 0 Å². The zero-order valence-electron chi connectivity index (χ0n) is 18.1. The number of hydrogen-bond acceptors (Lipinski definition) is 3. The van der Waals surface area contributed by atoms with Crippen molar-refractivity contribution in [2.45, 2.75) is 46.2 Å². The summed E-state index contributed by atoms with van der Waals surface area (Å²) in [6.07, 6.45) is 9.27. The first kappa shape index (κ1) is 22.3. The summed E-state index contributed by atoms with van der Waals surface area (Å²) in [6, 6.07) is 8.44. The molecule has 0 atom stereocenters. The molecule has 0 spiro atoms. The number of nitrogens with one attached hydrogen (secondary N) is 2. The first-order valence-corrected chi connectivity index (χ1v) is 10.3. The van der Waals surface area contributed by atoms with E-state index >= 15 is 0 Å². The van der Waals surface area contributed by atoms with Gasteiger partial charge in [0.1, 0.15) is 0 Å². The van der Waals surface area contributed by atoms with Crippen molar-refractivity contribution in [3.63, 3.8) is 0 Å². The Bertz CT molecular complexity index is 855. The van der Waals surface area contributed by atoms with Gasteiger partial charge in [-0.3, -0.25) is 4.79 Å². The fraction of sp³-hybridized carbons (Fsp3) is 0.360. The molecule has 1 aromatic rings. The van der Waals surface area contributed by atoms with Crippen LogP contribution in [0, 0.1) is 0 Å². The smallest absolute Gasteiger partial charge is 0.223 e. The SMILES string of the molecule is C=C1/C=C\C=C/CN(C(=O)CCC)Cc2ccccc2C(NC(C)C)=C=C1NC. The molecule has 29 heavy (non-hydrogen) atoms. The molecular weight excluding hydrogens is 358 g/mol. The van der Waals surface area contributed by atoms with E-state index in [4.69, 9.17) is 0 Å². The first-order chi connectivity index (χ1) is 14.0. The van der Waals surface area contributed by atoms with E-state index in [2.05, 4.69) is 48.9 Å². The molecule has 0 radical (unpaired) electrons. The van der Waals surface area contributed by atoms with Crippen LogP contribution < -0.4 is 10.6 Å². The van der Waals surface area contributed by atoms with Crippen LogP contribution in [-0.4, -0.2) is 30.4 Å². The van der Waals surface area contributed by atoms with Gasteiger partial charge in [-0.25, -0.2) is 0 Å². The van der Waals surface area contributed by atoms with Crippen LogP contribution in [0.3, 0.4) is 0 Å². The molecule has 0 bridgehead atoms. The van der Waals surface area contributed by atoms with E-state index < -0.39 is 0 Å². The van der Waals surface area contributed by atoms with E-state index in [1.165, 1.54) is 0 Å². The van der Waals surface area contributed by atoms with Crippen LogP contribution in [0.4, 0.5) is 0 Å². The second-order valence-electron chi connectivity index (χ2n) is 7.42. The second kappa shape index (κ2) is 11.1. The van der Waals surface area contributed by atoms with Gasteiger partial charge in [-0.2, -0.15) is 0 Å². The molecule has 1 heterocycles. The molecular formula is C25H33N3O. The van der Waals surface area contributed by atoms with Crippen LogP contribution >= 0.6 is 0 Å². The minimum Gasteiger partial charge on any atom is -0.381 e. The van der Waals surface area contributed by atoms with Crippen molar-refractivity contribution in [2.24, 2.45) is 0 Å². The zero-order valence-corrected chi connectivity index (χ0v) is 18.1.